The predicted octanol–water partition coefficient (Wildman–Crippen LogP) is 14.2. The van der Waals surface area contributed by atoms with Gasteiger partial charge in [-0.1, -0.05) is 133 Å². The average Bonchev–Trinajstić information content (AvgIpc) is 3.61. The van der Waals surface area contributed by atoms with Crippen LogP contribution in [0.1, 0.15) is 0 Å². The maximum Gasteiger partial charge on any atom is 0.0894 e. The zero-order valence-electron chi connectivity index (χ0n) is 28.3. The van der Waals surface area contributed by atoms with Gasteiger partial charge in [-0.3, -0.25) is 4.98 Å². The number of benzene rings is 8. The van der Waals surface area contributed by atoms with Gasteiger partial charge in [0.25, 0.3) is 0 Å². The molecule has 0 saturated heterocycles. The van der Waals surface area contributed by atoms with E-state index in [0.717, 1.165) is 22.6 Å². The van der Waals surface area contributed by atoms with Crippen molar-refractivity contribution in [2.45, 2.75) is 0 Å². The fraction of sp³-hybridized carbons (Fsp3) is 0. The van der Waals surface area contributed by atoms with E-state index >= 15 is 0 Å². The summed E-state index contributed by atoms with van der Waals surface area (Å²) in [4.78, 5) is 7.12. The minimum Gasteiger partial charge on any atom is -0.311 e. The maximum atomic E-state index is 4.77. The first-order valence-electron chi connectivity index (χ1n) is 17.6. The molecule has 0 amide bonds. The summed E-state index contributed by atoms with van der Waals surface area (Å²) >= 11 is 1.81. The highest BCUT2D eigenvalue weighted by Crippen LogP contribution is 2.42. The molecule has 0 radical (unpaired) electrons. The van der Waals surface area contributed by atoms with Crippen LogP contribution < -0.4 is 4.90 Å². The summed E-state index contributed by atoms with van der Waals surface area (Å²) in [5.74, 6) is 0. The molecule has 0 fully saturated rings. The van der Waals surface area contributed by atoms with Gasteiger partial charge in [0.1, 0.15) is 0 Å². The number of hydrogen-bond donors (Lipinski definition) is 0. The Labute approximate surface area is 306 Å². The lowest BCUT2D eigenvalue weighted by molar-refractivity contribution is 1.28. The first-order valence-corrected chi connectivity index (χ1v) is 18.4. The fourth-order valence-corrected chi connectivity index (χ4v) is 8.78. The lowest BCUT2D eigenvalue weighted by Gasteiger charge is -2.26. The molecule has 8 aromatic carbocycles. The molecular formula is C49H32N2S. The molecule has 0 aliphatic carbocycles. The molecule has 0 saturated carbocycles. The Morgan fingerprint density at radius 1 is 0.385 bits per heavy atom. The van der Waals surface area contributed by atoms with Crippen molar-refractivity contribution in [2.75, 3.05) is 4.90 Å². The number of anilines is 3. The normalized spacial score (nSPS) is 11.5. The van der Waals surface area contributed by atoms with Gasteiger partial charge in [0.05, 0.1) is 10.2 Å². The number of nitrogens with zero attached hydrogens (tertiary/aromatic N) is 2. The van der Waals surface area contributed by atoms with Gasteiger partial charge in [0, 0.05) is 38.9 Å². The smallest absolute Gasteiger partial charge is 0.0894 e. The van der Waals surface area contributed by atoms with Crippen LogP contribution in [0.4, 0.5) is 17.1 Å². The summed E-state index contributed by atoms with van der Waals surface area (Å²) in [7, 11) is 0. The average molecular weight is 681 g/mol. The van der Waals surface area contributed by atoms with Gasteiger partial charge in [0.2, 0.25) is 0 Å². The lowest BCUT2D eigenvalue weighted by atomic mass is 9.93. The Kier molecular flexibility index (Phi) is 7.37. The monoisotopic (exact) mass is 680 g/mol. The summed E-state index contributed by atoms with van der Waals surface area (Å²) in [5, 5.41) is 6.30. The summed E-state index contributed by atoms with van der Waals surface area (Å²) < 4.78 is 2.49. The highest BCUT2D eigenvalue weighted by molar-refractivity contribution is 7.26. The molecule has 52 heavy (non-hydrogen) atoms. The largest absolute Gasteiger partial charge is 0.311 e. The third-order valence-electron chi connectivity index (χ3n) is 10.1. The first-order chi connectivity index (χ1) is 25.8. The Bertz CT molecular complexity index is 2870. The standard InChI is InChI=1S/C49H32N2S/c1-2-10-33(11-3-1)34-18-24-38(25-19-34)51(39-26-20-35(21-27-39)42-30-31-50-48-45-16-8-9-17-47(45)52-49(42)48)40-28-22-36(23-29-40)46-32-37-12-4-5-13-41(37)43-14-6-7-15-44(43)46/h1-32H. The molecule has 0 spiro atoms. The van der Waals surface area contributed by atoms with Crippen LogP contribution >= 0.6 is 11.3 Å². The van der Waals surface area contributed by atoms with Gasteiger partial charge >= 0.3 is 0 Å². The zero-order chi connectivity index (χ0) is 34.4. The van der Waals surface area contributed by atoms with Crippen LogP contribution in [-0.2, 0) is 0 Å². The number of thiophene rings is 1. The van der Waals surface area contributed by atoms with Crippen LogP contribution in [0.2, 0.25) is 0 Å². The molecule has 10 rings (SSSR count). The molecule has 0 bridgehead atoms. The van der Waals surface area contributed by atoms with Crippen molar-refractivity contribution in [1.29, 1.82) is 0 Å². The van der Waals surface area contributed by atoms with Crippen molar-refractivity contribution >= 4 is 70.2 Å². The van der Waals surface area contributed by atoms with E-state index in [4.69, 9.17) is 4.98 Å². The second-order valence-electron chi connectivity index (χ2n) is 13.2. The summed E-state index contributed by atoms with van der Waals surface area (Å²) in [6.45, 7) is 0. The van der Waals surface area contributed by atoms with Crippen LogP contribution in [0, 0.1) is 0 Å². The minimum atomic E-state index is 1.07. The zero-order valence-corrected chi connectivity index (χ0v) is 29.1. The summed E-state index contributed by atoms with van der Waals surface area (Å²) in [5.41, 5.74) is 11.6. The molecule has 0 N–H and O–H groups in total. The molecule has 0 aliphatic heterocycles. The Hall–Kier alpha value is -6.55. The third kappa shape index (κ3) is 5.22. The molecule has 2 nitrogen and oxygen atoms in total. The van der Waals surface area contributed by atoms with E-state index in [1.54, 1.807) is 0 Å². The number of aromatic nitrogens is 1. The highest BCUT2D eigenvalue weighted by Gasteiger charge is 2.16. The molecule has 0 atom stereocenters. The third-order valence-corrected chi connectivity index (χ3v) is 11.3. The van der Waals surface area contributed by atoms with E-state index in [2.05, 4.69) is 193 Å². The van der Waals surface area contributed by atoms with Crippen molar-refractivity contribution in [3.63, 3.8) is 0 Å². The number of pyridine rings is 1. The van der Waals surface area contributed by atoms with Gasteiger partial charge in [-0.05, 0) is 104 Å². The van der Waals surface area contributed by atoms with Gasteiger partial charge in [-0.15, -0.1) is 11.3 Å². The van der Waals surface area contributed by atoms with Crippen LogP contribution in [-0.4, -0.2) is 4.98 Å². The highest BCUT2D eigenvalue weighted by atomic mass is 32.1. The van der Waals surface area contributed by atoms with Gasteiger partial charge < -0.3 is 4.90 Å². The molecule has 10 aromatic rings. The Balaban J connectivity index is 1.07. The van der Waals surface area contributed by atoms with Gasteiger partial charge in [-0.2, -0.15) is 0 Å². The summed E-state index contributed by atoms with van der Waals surface area (Å²) in [6.07, 6.45) is 1.94. The Morgan fingerprint density at radius 2 is 0.904 bits per heavy atom. The molecule has 3 heteroatoms. The van der Waals surface area contributed by atoms with Gasteiger partial charge in [0.15, 0.2) is 0 Å². The second kappa shape index (κ2) is 12.6. The van der Waals surface area contributed by atoms with Crippen LogP contribution in [0.3, 0.4) is 0 Å². The van der Waals surface area contributed by atoms with Gasteiger partial charge in [-0.25, -0.2) is 0 Å². The van der Waals surface area contributed by atoms with Crippen molar-refractivity contribution in [3.8, 4) is 33.4 Å². The maximum absolute atomic E-state index is 4.77. The fourth-order valence-electron chi connectivity index (χ4n) is 7.59. The van der Waals surface area contributed by atoms with Crippen LogP contribution in [0.15, 0.2) is 194 Å². The van der Waals surface area contributed by atoms with Crippen molar-refractivity contribution < 1.29 is 0 Å². The molecular weight excluding hydrogens is 649 g/mol. The second-order valence-corrected chi connectivity index (χ2v) is 14.2. The Morgan fingerprint density at radius 3 is 1.60 bits per heavy atom. The van der Waals surface area contributed by atoms with E-state index in [0.29, 0.717) is 0 Å². The molecule has 0 aliphatic rings. The van der Waals surface area contributed by atoms with E-state index in [1.165, 1.54) is 69.7 Å². The quantitative estimate of drug-likeness (QED) is 0.163. The van der Waals surface area contributed by atoms with Crippen molar-refractivity contribution in [1.82, 2.24) is 4.98 Å². The predicted molar refractivity (Wildman–Crippen MR) is 223 cm³/mol. The van der Waals surface area contributed by atoms with E-state index in [9.17, 15) is 0 Å². The van der Waals surface area contributed by atoms with E-state index in [-0.39, 0.29) is 0 Å². The number of rotatable bonds is 6. The SMILES string of the molecule is c1ccc(-c2ccc(N(c3ccc(-c4cc5ccccc5c5ccccc45)cc3)c3ccc(-c4ccnc5c4sc4ccccc45)cc3)cc2)cc1. The molecule has 2 heterocycles. The topological polar surface area (TPSA) is 16.1 Å². The van der Waals surface area contributed by atoms with Crippen molar-refractivity contribution in [2.24, 2.45) is 0 Å². The number of hydrogen-bond acceptors (Lipinski definition) is 3. The lowest BCUT2D eigenvalue weighted by Crippen LogP contribution is -2.09. The number of fused-ring (bicyclic) bond motifs is 6. The molecule has 2 aromatic heterocycles. The van der Waals surface area contributed by atoms with E-state index < -0.39 is 0 Å². The molecule has 0 unspecified atom stereocenters. The van der Waals surface area contributed by atoms with Crippen LogP contribution in [0.25, 0.3) is 75.2 Å². The minimum absolute atomic E-state index is 1.07. The van der Waals surface area contributed by atoms with E-state index in [1.807, 2.05) is 17.5 Å². The summed E-state index contributed by atoms with van der Waals surface area (Å²) in [6, 6.07) is 67.9. The van der Waals surface area contributed by atoms with Crippen LogP contribution in [0.5, 0.6) is 0 Å². The first kappa shape index (κ1) is 30.3. The van der Waals surface area contributed by atoms with Crippen molar-refractivity contribution in [3.05, 3.63) is 194 Å². The molecule has 244 valence electrons.